The molecule has 0 amide bonds. The van der Waals surface area contributed by atoms with E-state index < -0.39 is 0 Å². The molecule has 0 radical (unpaired) electrons. The number of nitrogens with zero attached hydrogens (tertiary/aromatic N) is 1. The van der Waals surface area contributed by atoms with Crippen molar-refractivity contribution in [2.45, 2.75) is 20.8 Å². The highest BCUT2D eigenvalue weighted by Gasteiger charge is 2.13. The monoisotopic (exact) mass is 230 g/mol. The molecule has 0 aliphatic rings. The first kappa shape index (κ1) is 10.1. The Balaban J connectivity index is 2.52. The summed E-state index contributed by atoms with van der Waals surface area (Å²) in [7, 11) is 0. The van der Waals surface area contributed by atoms with Gasteiger partial charge in [-0.05, 0) is 25.5 Å². The fourth-order valence-electron chi connectivity index (χ4n) is 2.02. The Morgan fingerprint density at radius 2 is 1.82 bits per heavy atom. The standard InChI is InChI=1S/C13H12NO3/c1-7-4-10-5-11-8(2)9(3)16-13(11)6-12(10)17-14(7)15/h4-6H,1-3H3/q+1. The third kappa shape index (κ3) is 1.37. The minimum Gasteiger partial charge on any atom is -0.461 e. The first-order valence-corrected chi connectivity index (χ1v) is 5.43. The van der Waals surface area contributed by atoms with E-state index >= 15 is 0 Å². The first-order chi connectivity index (χ1) is 8.06. The Bertz CT molecular complexity index is 796. The number of hydrogen-bond acceptors (Lipinski definition) is 3. The van der Waals surface area contributed by atoms with Crippen molar-refractivity contribution in [3.63, 3.8) is 0 Å². The zero-order valence-electron chi connectivity index (χ0n) is 9.90. The van der Waals surface area contributed by atoms with Crippen molar-refractivity contribution in [3.8, 4) is 0 Å². The summed E-state index contributed by atoms with van der Waals surface area (Å²) in [6.07, 6.45) is 0. The van der Waals surface area contributed by atoms with Crippen molar-refractivity contribution in [2.75, 3.05) is 0 Å². The van der Waals surface area contributed by atoms with Gasteiger partial charge >= 0.3 is 0 Å². The van der Waals surface area contributed by atoms with E-state index in [9.17, 15) is 4.91 Å². The van der Waals surface area contributed by atoms with Crippen molar-refractivity contribution in [2.24, 2.45) is 0 Å². The number of aromatic nitrogens is 1. The lowest BCUT2D eigenvalue weighted by Gasteiger charge is -1.93. The van der Waals surface area contributed by atoms with Gasteiger partial charge in [0.25, 0.3) is 10.3 Å². The van der Waals surface area contributed by atoms with Gasteiger partial charge in [-0.15, -0.1) is 0 Å². The minimum absolute atomic E-state index is 0.511. The van der Waals surface area contributed by atoms with Crippen LogP contribution in [-0.2, 0) is 0 Å². The van der Waals surface area contributed by atoms with Crippen LogP contribution in [0.25, 0.3) is 21.9 Å². The summed E-state index contributed by atoms with van der Waals surface area (Å²) in [5.74, 6) is 0.891. The van der Waals surface area contributed by atoms with Gasteiger partial charge in [0.1, 0.15) is 11.3 Å². The lowest BCUT2D eigenvalue weighted by molar-refractivity contribution is -0.707. The Morgan fingerprint density at radius 3 is 2.59 bits per heavy atom. The predicted octanol–water partition coefficient (Wildman–Crippen LogP) is 3.02. The van der Waals surface area contributed by atoms with Gasteiger partial charge in [0.15, 0.2) is 0 Å². The van der Waals surface area contributed by atoms with Crippen LogP contribution in [0.3, 0.4) is 0 Å². The Hall–Kier alpha value is -2.10. The summed E-state index contributed by atoms with van der Waals surface area (Å²) in [4.78, 5) is 11.4. The molecular formula is C13H12NO3+. The Labute approximate surface area is 97.0 Å². The van der Waals surface area contributed by atoms with Crippen LogP contribution in [0.1, 0.15) is 17.0 Å². The zero-order chi connectivity index (χ0) is 12.2. The van der Waals surface area contributed by atoms with Crippen LogP contribution in [0.15, 0.2) is 27.1 Å². The third-order valence-corrected chi connectivity index (χ3v) is 3.14. The fraction of sp³-hybridized carbons (Fsp3) is 0.231. The van der Waals surface area contributed by atoms with E-state index in [1.165, 1.54) is 0 Å². The third-order valence-electron chi connectivity index (χ3n) is 3.14. The second-order valence-electron chi connectivity index (χ2n) is 4.30. The van der Waals surface area contributed by atoms with Gasteiger partial charge in [-0.25, -0.2) is 0 Å². The van der Waals surface area contributed by atoms with E-state index in [-0.39, 0.29) is 0 Å². The van der Waals surface area contributed by atoms with Crippen molar-refractivity contribution >= 4 is 21.9 Å². The van der Waals surface area contributed by atoms with Gasteiger partial charge in [0.2, 0.25) is 5.58 Å². The molecule has 3 aromatic rings. The van der Waals surface area contributed by atoms with Gasteiger partial charge in [-0.1, -0.05) is 0 Å². The fourth-order valence-corrected chi connectivity index (χ4v) is 2.02. The maximum atomic E-state index is 11.4. The lowest BCUT2D eigenvalue weighted by Crippen LogP contribution is -2.16. The molecule has 1 aromatic carbocycles. The van der Waals surface area contributed by atoms with E-state index in [0.717, 1.165) is 27.7 Å². The van der Waals surface area contributed by atoms with E-state index in [0.29, 0.717) is 15.9 Å². The van der Waals surface area contributed by atoms with Crippen molar-refractivity contribution in [1.82, 2.24) is 0 Å². The maximum Gasteiger partial charge on any atom is 0.291 e. The molecule has 0 aliphatic heterocycles. The predicted molar refractivity (Wildman–Crippen MR) is 63.6 cm³/mol. The SMILES string of the molecule is Cc1oc2cc3o[n+](=O)c(C)cc3cc2c1C. The molecule has 0 saturated carbocycles. The first-order valence-electron chi connectivity index (χ1n) is 5.43. The Kier molecular flexibility index (Phi) is 1.90. The highest BCUT2D eigenvalue weighted by molar-refractivity contribution is 5.94. The molecule has 0 unspecified atom stereocenters. The van der Waals surface area contributed by atoms with Crippen molar-refractivity contribution in [3.05, 3.63) is 40.1 Å². The van der Waals surface area contributed by atoms with E-state index in [1.807, 2.05) is 26.0 Å². The Morgan fingerprint density at radius 1 is 1.06 bits per heavy atom. The largest absolute Gasteiger partial charge is 0.461 e. The van der Waals surface area contributed by atoms with Gasteiger partial charge in [-0.3, -0.25) is 0 Å². The van der Waals surface area contributed by atoms with Crippen LogP contribution >= 0.6 is 0 Å². The molecule has 0 fully saturated rings. The highest BCUT2D eigenvalue weighted by atomic mass is 16.6. The second-order valence-corrected chi connectivity index (χ2v) is 4.30. The average Bonchev–Trinajstić information content (AvgIpc) is 2.54. The van der Waals surface area contributed by atoms with Crippen molar-refractivity contribution < 1.29 is 13.5 Å². The maximum absolute atomic E-state index is 11.4. The smallest absolute Gasteiger partial charge is 0.291 e. The number of furan rings is 1. The number of hydrogen-bond donors (Lipinski definition) is 0. The summed E-state index contributed by atoms with van der Waals surface area (Å²) in [5, 5.41) is 1.97. The van der Waals surface area contributed by atoms with Crippen LogP contribution in [-0.4, -0.2) is 0 Å². The molecule has 0 bridgehead atoms. The number of benzene rings is 1. The van der Waals surface area contributed by atoms with Crippen LogP contribution in [0.2, 0.25) is 0 Å². The second kappa shape index (κ2) is 3.20. The summed E-state index contributed by atoms with van der Waals surface area (Å²) >= 11 is 0. The van der Waals surface area contributed by atoms with Crippen LogP contribution in [0.5, 0.6) is 0 Å². The molecule has 0 N–H and O–H groups in total. The van der Waals surface area contributed by atoms with Gasteiger partial charge in [-0.2, -0.15) is 4.52 Å². The van der Waals surface area contributed by atoms with E-state index in [2.05, 4.69) is 0 Å². The normalized spacial score (nSPS) is 11.5. The number of aryl methyl sites for hydroxylation is 3. The highest BCUT2D eigenvalue weighted by Crippen LogP contribution is 2.28. The van der Waals surface area contributed by atoms with Gasteiger partial charge in [0.05, 0.1) is 4.91 Å². The molecule has 3 rings (SSSR count). The van der Waals surface area contributed by atoms with Crippen LogP contribution in [0, 0.1) is 25.7 Å². The molecule has 2 aromatic heterocycles. The van der Waals surface area contributed by atoms with E-state index in [4.69, 9.17) is 8.94 Å². The molecule has 0 saturated heterocycles. The van der Waals surface area contributed by atoms with E-state index in [1.54, 1.807) is 13.0 Å². The zero-order valence-corrected chi connectivity index (χ0v) is 9.90. The summed E-state index contributed by atoms with van der Waals surface area (Å²) in [5.41, 5.74) is 2.94. The topological polar surface area (TPSA) is 49.3 Å². The van der Waals surface area contributed by atoms with Crippen molar-refractivity contribution in [1.29, 1.82) is 0 Å². The summed E-state index contributed by atoms with van der Waals surface area (Å²) in [6.45, 7) is 5.66. The molecular weight excluding hydrogens is 218 g/mol. The average molecular weight is 230 g/mol. The molecule has 0 aliphatic carbocycles. The molecule has 0 atom stereocenters. The molecule has 4 heteroatoms. The van der Waals surface area contributed by atoms with Gasteiger partial charge < -0.3 is 4.42 Å². The molecule has 17 heavy (non-hydrogen) atoms. The minimum atomic E-state index is 0.511. The molecule has 86 valence electrons. The summed E-state index contributed by atoms with van der Waals surface area (Å²) < 4.78 is 11.3. The van der Waals surface area contributed by atoms with Gasteiger partial charge in [0, 0.05) is 29.8 Å². The number of rotatable bonds is 0. The lowest BCUT2D eigenvalue weighted by atomic mass is 10.1. The molecule has 0 spiro atoms. The van der Waals surface area contributed by atoms with Crippen LogP contribution in [0.4, 0.5) is 0 Å². The molecule has 4 nitrogen and oxygen atoms in total. The summed E-state index contributed by atoms with van der Waals surface area (Å²) in [6, 6.07) is 5.57. The van der Waals surface area contributed by atoms with Crippen LogP contribution < -0.4 is 4.60 Å². The quantitative estimate of drug-likeness (QED) is 0.596. The number of fused-ring (bicyclic) bond motifs is 2. The molecule has 2 heterocycles.